The number of anilines is 2. The van der Waals surface area contributed by atoms with Gasteiger partial charge in [0.1, 0.15) is 11.6 Å². The highest BCUT2D eigenvalue weighted by atomic mass is 16.5. The van der Waals surface area contributed by atoms with E-state index in [1.54, 1.807) is 42.1 Å². The molecule has 0 atom stereocenters. The second kappa shape index (κ2) is 10.2. The van der Waals surface area contributed by atoms with Crippen LogP contribution in [0.2, 0.25) is 0 Å². The van der Waals surface area contributed by atoms with Gasteiger partial charge in [0.05, 0.1) is 18.5 Å². The first kappa shape index (κ1) is 22.4. The normalized spacial score (nSPS) is 10.3. The molecular formula is C25H21N5O4. The third kappa shape index (κ3) is 5.17. The van der Waals surface area contributed by atoms with E-state index in [1.165, 1.54) is 19.2 Å². The number of rotatable bonds is 6. The summed E-state index contributed by atoms with van der Waals surface area (Å²) in [4.78, 5) is 33.3. The lowest BCUT2D eigenvalue weighted by Crippen LogP contribution is -2.22. The Balaban J connectivity index is 1.61. The number of hydrogen-bond donors (Lipinski definition) is 4. The Morgan fingerprint density at radius 3 is 2.35 bits per heavy atom. The summed E-state index contributed by atoms with van der Waals surface area (Å²) in [6, 6.07) is 20.6. The van der Waals surface area contributed by atoms with Gasteiger partial charge >= 0.3 is 6.03 Å². The van der Waals surface area contributed by atoms with Crippen molar-refractivity contribution in [2.24, 2.45) is 0 Å². The minimum atomic E-state index is -0.733. The molecule has 9 nitrogen and oxygen atoms in total. The van der Waals surface area contributed by atoms with Gasteiger partial charge in [-0.2, -0.15) is 0 Å². The number of para-hydroxylation sites is 2. The molecule has 0 aliphatic rings. The third-order valence-corrected chi connectivity index (χ3v) is 4.96. The van der Waals surface area contributed by atoms with Crippen LogP contribution in [0, 0.1) is 0 Å². The van der Waals surface area contributed by atoms with Crippen molar-refractivity contribution in [1.29, 1.82) is 0 Å². The molecule has 4 aromatic rings. The molecule has 0 spiro atoms. The predicted molar refractivity (Wildman–Crippen MR) is 128 cm³/mol. The van der Waals surface area contributed by atoms with Gasteiger partial charge in [0.25, 0.3) is 5.91 Å². The first-order valence-electron chi connectivity index (χ1n) is 10.3. The van der Waals surface area contributed by atoms with Crippen LogP contribution in [0.15, 0.2) is 85.2 Å². The standard InChI is InChI=1S/C25H21N5O4/c1-34-22-7-3-2-6-20(22)28-25(32)29-23-14-19(24(31)30-33)13-21(27-23)17-10-8-16(9-11-17)18-5-4-12-26-15-18/h2-15,33H,1H3,(H,30,31)(H2,27,28,29,32). The average molecular weight is 455 g/mol. The fourth-order valence-electron chi connectivity index (χ4n) is 3.32. The number of carbonyl (C=O) groups excluding carboxylic acids is 2. The van der Waals surface area contributed by atoms with Gasteiger partial charge in [0, 0.05) is 23.5 Å². The molecule has 4 N–H and O–H groups in total. The molecular weight excluding hydrogens is 434 g/mol. The van der Waals surface area contributed by atoms with Crippen LogP contribution in [0.3, 0.4) is 0 Å². The van der Waals surface area contributed by atoms with E-state index in [0.29, 0.717) is 22.7 Å². The maximum atomic E-state index is 12.6. The zero-order valence-electron chi connectivity index (χ0n) is 18.1. The largest absolute Gasteiger partial charge is 0.495 e. The molecule has 4 rings (SSSR count). The minimum Gasteiger partial charge on any atom is -0.495 e. The molecule has 170 valence electrons. The number of amides is 3. The average Bonchev–Trinajstić information content (AvgIpc) is 2.89. The summed E-state index contributed by atoms with van der Waals surface area (Å²) in [7, 11) is 1.50. The molecule has 2 aromatic heterocycles. The van der Waals surface area contributed by atoms with Crippen molar-refractivity contribution >= 4 is 23.4 Å². The summed E-state index contributed by atoms with van der Waals surface area (Å²) in [6.07, 6.45) is 3.47. The molecule has 2 heterocycles. The molecule has 0 bridgehead atoms. The SMILES string of the molecule is COc1ccccc1NC(=O)Nc1cc(C(=O)NO)cc(-c2ccc(-c3cccnc3)cc2)n1. The quantitative estimate of drug-likeness (QED) is 0.249. The monoisotopic (exact) mass is 455 g/mol. The number of ether oxygens (including phenoxy) is 1. The summed E-state index contributed by atoms with van der Waals surface area (Å²) in [6.45, 7) is 0. The Morgan fingerprint density at radius 1 is 0.882 bits per heavy atom. The molecule has 0 aliphatic carbocycles. The number of pyridine rings is 2. The van der Waals surface area contributed by atoms with E-state index < -0.39 is 11.9 Å². The molecule has 0 fully saturated rings. The lowest BCUT2D eigenvalue weighted by molar-refractivity contribution is 0.0706. The van der Waals surface area contributed by atoms with E-state index in [9.17, 15) is 9.59 Å². The van der Waals surface area contributed by atoms with Crippen molar-refractivity contribution < 1.29 is 19.5 Å². The summed E-state index contributed by atoms with van der Waals surface area (Å²) in [5, 5.41) is 14.4. The van der Waals surface area contributed by atoms with Crippen molar-refractivity contribution in [1.82, 2.24) is 15.4 Å². The van der Waals surface area contributed by atoms with Gasteiger partial charge in [-0.05, 0) is 41.5 Å². The van der Waals surface area contributed by atoms with Crippen molar-refractivity contribution in [2.75, 3.05) is 17.7 Å². The second-order valence-electron chi connectivity index (χ2n) is 7.17. The first-order valence-corrected chi connectivity index (χ1v) is 10.3. The van der Waals surface area contributed by atoms with Gasteiger partial charge in [-0.1, -0.05) is 42.5 Å². The number of hydrogen-bond acceptors (Lipinski definition) is 6. The van der Waals surface area contributed by atoms with E-state index in [2.05, 4.69) is 20.6 Å². The molecule has 0 aliphatic heterocycles. The Morgan fingerprint density at radius 2 is 1.65 bits per heavy atom. The van der Waals surface area contributed by atoms with Gasteiger partial charge in [0.2, 0.25) is 0 Å². The Kier molecular flexibility index (Phi) is 6.76. The van der Waals surface area contributed by atoms with Crippen LogP contribution in [0.25, 0.3) is 22.4 Å². The predicted octanol–water partition coefficient (Wildman–Crippen LogP) is 4.58. The lowest BCUT2D eigenvalue weighted by Gasteiger charge is -2.12. The molecule has 0 radical (unpaired) electrons. The zero-order valence-corrected chi connectivity index (χ0v) is 18.1. The molecule has 0 saturated carbocycles. The third-order valence-electron chi connectivity index (χ3n) is 4.96. The number of aromatic nitrogens is 2. The van der Waals surface area contributed by atoms with Crippen LogP contribution in [0.5, 0.6) is 5.75 Å². The van der Waals surface area contributed by atoms with Gasteiger partial charge in [0.15, 0.2) is 0 Å². The molecule has 0 unspecified atom stereocenters. The number of nitrogens with zero attached hydrogens (tertiary/aromatic N) is 2. The van der Waals surface area contributed by atoms with Gasteiger partial charge in [-0.3, -0.25) is 20.3 Å². The van der Waals surface area contributed by atoms with Crippen LogP contribution in [-0.4, -0.2) is 34.2 Å². The van der Waals surface area contributed by atoms with Crippen molar-refractivity contribution in [3.8, 4) is 28.1 Å². The van der Waals surface area contributed by atoms with E-state index in [0.717, 1.165) is 11.1 Å². The van der Waals surface area contributed by atoms with E-state index in [4.69, 9.17) is 9.94 Å². The van der Waals surface area contributed by atoms with Gasteiger partial charge in [-0.15, -0.1) is 0 Å². The highest BCUT2D eigenvalue weighted by molar-refractivity contribution is 6.01. The van der Waals surface area contributed by atoms with Crippen LogP contribution in [0.4, 0.5) is 16.3 Å². The Hall–Kier alpha value is -4.76. The van der Waals surface area contributed by atoms with Crippen molar-refractivity contribution in [3.05, 3.63) is 90.8 Å². The Labute approximate surface area is 195 Å². The Bertz CT molecular complexity index is 1310. The zero-order chi connectivity index (χ0) is 23.9. The summed E-state index contributed by atoms with van der Waals surface area (Å²) in [5.74, 6) is -0.114. The maximum Gasteiger partial charge on any atom is 0.324 e. The number of methoxy groups -OCH3 is 1. The van der Waals surface area contributed by atoms with Crippen molar-refractivity contribution in [3.63, 3.8) is 0 Å². The molecule has 9 heteroatoms. The number of hydroxylamine groups is 1. The summed E-state index contributed by atoms with van der Waals surface area (Å²) in [5.41, 5.74) is 5.28. The number of benzene rings is 2. The van der Waals surface area contributed by atoms with E-state index >= 15 is 0 Å². The number of nitrogens with one attached hydrogen (secondary N) is 3. The highest BCUT2D eigenvalue weighted by Crippen LogP contribution is 2.26. The van der Waals surface area contributed by atoms with Crippen LogP contribution >= 0.6 is 0 Å². The number of urea groups is 1. The topological polar surface area (TPSA) is 125 Å². The molecule has 3 amide bonds. The molecule has 0 saturated heterocycles. The van der Waals surface area contributed by atoms with Crippen LogP contribution in [-0.2, 0) is 0 Å². The number of carbonyl (C=O) groups is 2. The summed E-state index contributed by atoms with van der Waals surface area (Å²) >= 11 is 0. The van der Waals surface area contributed by atoms with E-state index in [1.807, 2.05) is 36.4 Å². The first-order chi connectivity index (χ1) is 16.6. The summed E-state index contributed by atoms with van der Waals surface area (Å²) < 4.78 is 5.24. The molecule has 34 heavy (non-hydrogen) atoms. The highest BCUT2D eigenvalue weighted by Gasteiger charge is 2.14. The fourth-order valence-corrected chi connectivity index (χ4v) is 3.32. The smallest absolute Gasteiger partial charge is 0.324 e. The van der Waals surface area contributed by atoms with Gasteiger partial charge < -0.3 is 10.1 Å². The second-order valence-corrected chi connectivity index (χ2v) is 7.17. The maximum absolute atomic E-state index is 12.6. The lowest BCUT2D eigenvalue weighted by atomic mass is 10.0. The van der Waals surface area contributed by atoms with Gasteiger partial charge in [-0.25, -0.2) is 15.3 Å². The van der Waals surface area contributed by atoms with Crippen LogP contribution < -0.4 is 20.9 Å². The minimum absolute atomic E-state index is 0.122. The molecule has 2 aromatic carbocycles. The fraction of sp³-hybridized carbons (Fsp3) is 0.0400. The van der Waals surface area contributed by atoms with E-state index in [-0.39, 0.29) is 11.4 Å². The van der Waals surface area contributed by atoms with Crippen molar-refractivity contribution in [2.45, 2.75) is 0 Å². The van der Waals surface area contributed by atoms with Crippen LogP contribution in [0.1, 0.15) is 10.4 Å².